The van der Waals surface area contributed by atoms with Crippen LogP contribution in [0.15, 0.2) is 0 Å². The summed E-state index contributed by atoms with van der Waals surface area (Å²) in [5.74, 6) is -3.63. The standard InChI is InChI=1S/C15H21F2NO3/c1-4-21-12(20)14-5-10(9(2)3)11(19)18(14)8-13(6-14)7-15(13,16)17/h9-10H,4-8H2,1-3H3. The van der Waals surface area contributed by atoms with Gasteiger partial charge in [-0.15, -0.1) is 0 Å². The van der Waals surface area contributed by atoms with Crippen molar-refractivity contribution in [1.82, 2.24) is 4.90 Å². The Balaban J connectivity index is 1.95. The van der Waals surface area contributed by atoms with E-state index >= 15 is 0 Å². The number of hydrogen-bond acceptors (Lipinski definition) is 3. The van der Waals surface area contributed by atoms with Gasteiger partial charge in [0, 0.05) is 18.9 Å². The molecule has 0 aromatic rings. The number of amides is 1. The highest BCUT2D eigenvalue weighted by Crippen LogP contribution is 2.70. The second kappa shape index (κ2) is 4.17. The predicted octanol–water partition coefficient (Wildman–Crippen LogP) is 2.22. The second-order valence-electron chi connectivity index (χ2n) is 7.07. The highest BCUT2D eigenvalue weighted by molar-refractivity contribution is 5.94. The van der Waals surface area contributed by atoms with E-state index in [0.29, 0.717) is 6.42 Å². The lowest BCUT2D eigenvalue weighted by molar-refractivity contribution is -0.157. The average Bonchev–Trinajstić information content (AvgIpc) is 2.68. The molecule has 3 atom stereocenters. The van der Waals surface area contributed by atoms with Gasteiger partial charge in [-0.25, -0.2) is 13.6 Å². The van der Waals surface area contributed by atoms with Crippen LogP contribution >= 0.6 is 0 Å². The largest absolute Gasteiger partial charge is 0.464 e. The van der Waals surface area contributed by atoms with Crippen LogP contribution in [0.5, 0.6) is 0 Å². The van der Waals surface area contributed by atoms with Gasteiger partial charge in [0.1, 0.15) is 5.54 Å². The predicted molar refractivity (Wildman–Crippen MR) is 70.6 cm³/mol. The van der Waals surface area contributed by atoms with Crippen LogP contribution in [-0.4, -0.2) is 41.4 Å². The van der Waals surface area contributed by atoms with Gasteiger partial charge in [-0.2, -0.15) is 0 Å². The van der Waals surface area contributed by atoms with Crippen molar-refractivity contribution in [2.75, 3.05) is 13.2 Å². The highest BCUT2D eigenvalue weighted by Gasteiger charge is 2.80. The third-order valence-corrected chi connectivity index (χ3v) is 5.42. The summed E-state index contributed by atoms with van der Waals surface area (Å²) in [5, 5.41) is 0. The number of carbonyl (C=O) groups is 2. The van der Waals surface area contributed by atoms with E-state index in [4.69, 9.17) is 4.74 Å². The molecule has 2 aliphatic heterocycles. The number of carbonyl (C=O) groups excluding carboxylic acids is 2. The summed E-state index contributed by atoms with van der Waals surface area (Å²) in [4.78, 5) is 26.4. The molecule has 118 valence electrons. The lowest BCUT2D eigenvalue weighted by Gasteiger charge is -2.28. The Labute approximate surface area is 122 Å². The number of fused-ring (bicyclic) bond motifs is 1. The third-order valence-electron chi connectivity index (χ3n) is 5.42. The first-order valence-electron chi connectivity index (χ1n) is 7.56. The first-order valence-corrected chi connectivity index (χ1v) is 7.56. The Morgan fingerprint density at radius 3 is 2.52 bits per heavy atom. The Morgan fingerprint density at radius 2 is 2.05 bits per heavy atom. The summed E-state index contributed by atoms with van der Waals surface area (Å²) in [6.07, 6.45) is 0.123. The van der Waals surface area contributed by atoms with Crippen LogP contribution in [0.3, 0.4) is 0 Å². The number of halogens is 2. The molecule has 1 aliphatic carbocycles. The Hall–Kier alpha value is -1.20. The number of alkyl halides is 2. The maximum atomic E-state index is 13.7. The van der Waals surface area contributed by atoms with Gasteiger partial charge in [-0.1, -0.05) is 13.8 Å². The first-order chi connectivity index (χ1) is 9.69. The molecule has 3 fully saturated rings. The summed E-state index contributed by atoms with van der Waals surface area (Å²) in [6.45, 7) is 5.71. The summed E-state index contributed by atoms with van der Waals surface area (Å²) in [6, 6.07) is 0. The monoisotopic (exact) mass is 301 g/mol. The SMILES string of the molecule is CCOC(=O)C12CC(C(C)C)C(=O)N1CC1(C2)CC1(F)F. The molecule has 1 spiro atoms. The molecular formula is C15H21F2NO3. The molecule has 1 amide bonds. The first kappa shape index (κ1) is 14.7. The maximum absolute atomic E-state index is 13.7. The molecule has 3 aliphatic rings. The normalized spacial score (nSPS) is 40.0. The molecule has 0 aromatic carbocycles. The molecule has 0 radical (unpaired) electrons. The maximum Gasteiger partial charge on any atom is 0.332 e. The van der Waals surface area contributed by atoms with Crippen LogP contribution in [0.25, 0.3) is 0 Å². The number of hydrogen-bond donors (Lipinski definition) is 0. The van der Waals surface area contributed by atoms with E-state index in [1.165, 1.54) is 4.90 Å². The fourth-order valence-electron chi connectivity index (χ4n) is 4.08. The van der Waals surface area contributed by atoms with Crippen molar-refractivity contribution in [3.05, 3.63) is 0 Å². The van der Waals surface area contributed by atoms with Crippen molar-refractivity contribution in [2.45, 2.75) is 51.5 Å². The van der Waals surface area contributed by atoms with Crippen molar-refractivity contribution in [3.63, 3.8) is 0 Å². The van der Waals surface area contributed by atoms with Gasteiger partial charge in [0.05, 0.1) is 12.0 Å². The van der Waals surface area contributed by atoms with Gasteiger partial charge < -0.3 is 9.64 Å². The van der Waals surface area contributed by atoms with Gasteiger partial charge in [0.25, 0.3) is 5.92 Å². The number of esters is 1. The zero-order valence-electron chi connectivity index (χ0n) is 12.6. The van der Waals surface area contributed by atoms with Crippen LogP contribution in [0.4, 0.5) is 8.78 Å². The smallest absolute Gasteiger partial charge is 0.332 e. The van der Waals surface area contributed by atoms with E-state index in [1.54, 1.807) is 6.92 Å². The quantitative estimate of drug-likeness (QED) is 0.751. The molecule has 0 bridgehead atoms. The third kappa shape index (κ3) is 1.77. The van der Waals surface area contributed by atoms with E-state index in [9.17, 15) is 18.4 Å². The van der Waals surface area contributed by atoms with E-state index < -0.39 is 22.8 Å². The Bertz CT molecular complexity index is 507. The topological polar surface area (TPSA) is 46.6 Å². The number of ether oxygens (including phenoxy) is 1. The zero-order chi connectivity index (χ0) is 15.6. The van der Waals surface area contributed by atoms with Gasteiger partial charge >= 0.3 is 5.97 Å². The number of rotatable bonds is 3. The molecule has 4 nitrogen and oxygen atoms in total. The minimum Gasteiger partial charge on any atom is -0.464 e. The number of nitrogens with zero attached hydrogens (tertiary/aromatic N) is 1. The fraction of sp³-hybridized carbons (Fsp3) is 0.867. The van der Waals surface area contributed by atoms with Crippen molar-refractivity contribution in [2.24, 2.45) is 17.3 Å². The van der Waals surface area contributed by atoms with E-state index in [1.807, 2.05) is 13.8 Å². The zero-order valence-corrected chi connectivity index (χ0v) is 12.6. The molecule has 0 aromatic heterocycles. The van der Waals surface area contributed by atoms with Gasteiger partial charge in [0.2, 0.25) is 5.91 Å². The molecule has 1 saturated carbocycles. The summed E-state index contributed by atoms with van der Waals surface area (Å²) in [5.41, 5.74) is -2.36. The molecular weight excluding hydrogens is 280 g/mol. The summed E-state index contributed by atoms with van der Waals surface area (Å²) in [7, 11) is 0. The Morgan fingerprint density at radius 1 is 1.43 bits per heavy atom. The van der Waals surface area contributed by atoms with Crippen molar-refractivity contribution in [1.29, 1.82) is 0 Å². The van der Waals surface area contributed by atoms with Crippen LogP contribution < -0.4 is 0 Å². The minimum atomic E-state index is -2.76. The van der Waals surface area contributed by atoms with Crippen LogP contribution in [0.1, 0.15) is 40.0 Å². The lowest BCUT2D eigenvalue weighted by atomic mass is 9.82. The molecule has 3 rings (SSSR count). The van der Waals surface area contributed by atoms with Gasteiger partial charge in [-0.3, -0.25) is 4.79 Å². The van der Waals surface area contributed by atoms with Crippen molar-refractivity contribution >= 4 is 11.9 Å². The highest BCUT2D eigenvalue weighted by atomic mass is 19.3. The van der Waals surface area contributed by atoms with Crippen LogP contribution in [0, 0.1) is 17.3 Å². The molecule has 2 heterocycles. The molecule has 0 N–H and O–H groups in total. The van der Waals surface area contributed by atoms with E-state index in [2.05, 4.69) is 0 Å². The van der Waals surface area contributed by atoms with Crippen LogP contribution in [-0.2, 0) is 14.3 Å². The second-order valence-corrected chi connectivity index (χ2v) is 7.07. The van der Waals surface area contributed by atoms with Gasteiger partial charge in [0.15, 0.2) is 0 Å². The van der Waals surface area contributed by atoms with Gasteiger partial charge in [-0.05, 0) is 25.7 Å². The Kier molecular flexibility index (Phi) is 2.92. The van der Waals surface area contributed by atoms with E-state index in [-0.39, 0.29) is 43.7 Å². The molecule has 21 heavy (non-hydrogen) atoms. The molecule has 2 saturated heterocycles. The minimum absolute atomic E-state index is 0.0130. The molecule has 6 heteroatoms. The van der Waals surface area contributed by atoms with Crippen molar-refractivity contribution < 1.29 is 23.1 Å². The molecule has 3 unspecified atom stereocenters. The average molecular weight is 301 g/mol. The van der Waals surface area contributed by atoms with Crippen LogP contribution in [0.2, 0.25) is 0 Å². The summed E-state index contributed by atoms with van der Waals surface area (Å²) >= 11 is 0. The van der Waals surface area contributed by atoms with E-state index in [0.717, 1.165) is 0 Å². The van der Waals surface area contributed by atoms with Crippen molar-refractivity contribution in [3.8, 4) is 0 Å². The fourth-order valence-corrected chi connectivity index (χ4v) is 4.08. The summed E-state index contributed by atoms with van der Waals surface area (Å²) < 4.78 is 32.5. The lowest BCUT2D eigenvalue weighted by Crippen LogP contribution is -2.48.